The first-order chi connectivity index (χ1) is 11.4. The van der Waals surface area contributed by atoms with Gasteiger partial charge in [0.25, 0.3) is 0 Å². The molecule has 1 aliphatic rings. The Morgan fingerprint density at radius 3 is 3.22 bits per heavy atom. The van der Waals surface area contributed by atoms with E-state index in [0.717, 1.165) is 42.5 Å². The molecule has 0 spiro atoms. The second-order valence-corrected chi connectivity index (χ2v) is 5.99. The third-order valence-corrected chi connectivity index (χ3v) is 4.45. The van der Waals surface area contributed by atoms with E-state index in [9.17, 15) is 0 Å². The van der Waals surface area contributed by atoms with Crippen LogP contribution in [0.25, 0.3) is 11.3 Å². The Bertz CT molecular complexity index is 744. The molecule has 8 heteroatoms. The van der Waals surface area contributed by atoms with Crippen molar-refractivity contribution in [2.45, 2.75) is 12.6 Å². The van der Waals surface area contributed by atoms with Crippen LogP contribution >= 0.6 is 11.5 Å². The Morgan fingerprint density at radius 1 is 1.39 bits per heavy atom. The first-order valence-corrected chi connectivity index (χ1v) is 8.27. The number of rotatable bonds is 4. The summed E-state index contributed by atoms with van der Waals surface area (Å²) < 4.78 is 9.59. The van der Waals surface area contributed by atoms with Gasteiger partial charge >= 0.3 is 0 Å². The first-order valence-electron chi connectivity index (χ1n) is 7.43. The maximum Gasteiger partial charge on any atom is 0.126 e. The van der Waals surface area contributed by atoms with E-state index in [1.807, 2.05) is 29.9 Å². The smallest absolute Gasteiger partial charge is 0.126 e. The second kappa shape index (κ2) is 6.53. The zero-order valence-electron chi connectivity index (χ0n) is 12.4. The van der Waals surface area contributed by atoms with Gasteiger partial charge in [0.2, 0.25) is 0 Å². The number of ether oxygens (including phenoxy) is 1. The van der Waals surface area contributed by atoms with Gasteiger partial charge in [0, 0.05) is 36.4 Å². The first kappa shape index (κ1) is 14.4. The molecule has 0 radical (unpaired) electrons. The highest BCUT2D eigenvalue weighted by atomic mass is 32.1. The van der Waals surface area contributed by atoms with Gasteiger partial charge in [-0.3, -0.25) is 9.88 Å². The number of imidazole rings is 1. The van der Waals surface area contributed by atoms with Gasteiger partial charge in [0.1, 0.15) is 5.82 Å². The Hall–Kier alpha value is -2.16. The topological polar surface area (TPSA) is 79.8 Å². The van der Waals surface area contributed by atoms with Gasteiger partial charge in [-0.25, -0.2) is 4.98 Å². The van der Waals surface area contributed by atoms with E-state index >= 15 is 0 Å². The van der Waals surface area contributed by atoms with Gasteiger partial charge in [0.05, 0.1) is 36.8 Å². The summed E-state index contributed by atoms with van der Waals surface area (Å²) in [6.07, 6.45) is 5.44. The summed E-state index contributed by atoms with van der Waals surface area (Å²) in [7, 11) is 0. The molecule has 1 aliphatic heterocycles. The lowest BCUT2D eigenvalue weighted by Crippen LogP contribution is -2.39. The molecular formula is C15H16N6OS. The van der Waals surface area contributed by atoms with Gasteiger partial charge in [-0.05, 0) is 23.7 Å². The Morgan fingerprint density at radius 2 is 2.39 bits per heavy atom. The minimum atomic E-state index is 0.0934. The molecule has 3 aromatic heterocycles. The van der Waals surface area contributed by atoms with Gasteiger partial charge in [-0.1, -0.05) is 4.49 Å². The number of nitrogens with zero attached hydrogens (tertiary/aromatic N) is 5. The Balaban J connectivity index is 1.56. The van der Waals surface area contributed by atoms with Crippen LogP contribution in [0.4, 0.5) is 0 Å². The van der Waals surface area contributed by atoms with Crippen LogP contribution in [0.1, 0.15) is 17.6 Å². The molecule has 7 nitrogen and oxygen atoms in total. The summed E-state index contributed by atoms with van der Waals surface area (Å²) in [5.41, 5.74) is 2.98. The number of pyridine rings is 1. The van der Waals surface area contributed by atoms with E-state index in [-0.39, 0.29) is 6.04 Å². The standard InChI is InChI=1S/C15H16N6OS/c1-2-11(6-16-3-1)13-7-17-15(18-13)14-9-22-5-4-21(14)8-12-10-23-20-19-12/h1-3,6-7,10,14H,4-5,8-9H2,(H,17,18)/t14-/m0/s1. The SMILES string of the molecule is c1cncc(-c2cnc([C@@H]3COCCN3Cc3csnn3)[nH]2)c1. The molecule has 0 aromatic carbocycles. The van der Waals surface area contributed by atoms with Gasteiger partial charge < -0.3 is 9.72 Å². The molecule has 4 heterocycles. The maximum atomic E-state index is 5.65. The summed E-state index contributed by atoms with van der Waals surface area (Å²) in [5.74, 6) is 0.909. The fourth-order valence-electron chi connectivity index (χ4n) is 2.71. The normalized spacial score (nSPS) is 19.0. The van der Waals surface area contributed by atoms with E-state index in [2.05, 4.69) is 29.4 Å². The van der Waals surface area contributed by atoms with Crippen molar-refractivity contribution >= 4 is 11.5 Å². The number of aromatic amines is 1. The van der Waals surface area contributed by atoms with Crippen molar-refractivity contribution in [2.75, 3.05) is 19.8 Å². The van der Waals surface area contributed by atoms with E-state index < -0.39 is 0 Å². The molecule has 1 fully saturated rings. The maximum absolute atomic E-state index is 5.65. The highest BCUT2D eigenvalue weighted by molar-refractivity contribution is 7.03. The van der Waals surface area contributed by atoms with Crippen molar-refractivity contribution in [2.24, 2.45) is 0 Å². The summed E-state index contributed by atoms with van der Waals surface area (Å²) in [5, 5.41) is 6.12. The predicted molar refractivity (Wildman–Crippen MR) is 85.7 cm³/mol. The number of morpholine rings is 1. The van der Waals surface area contributed by atoms with Gasteiger partial charge in [-0.15, -0.1) is 5.10 Å². The fourth-order valence-corrected chi connectivity index (χ4v) is 3.16. The van der Waals surface area contributed by atoms with Crippen molar-refractivity contribution < 1.29 is 4.74 Å². The van der Waals surface area contributed by atoms with Crippen LogP contribution in [0.3, 0.4) is 0 Å². The molecule has 4 rings (SSSR count). The summed E-state index contributed by atoms with van der Waals surface area (Å²) in [4.78, 5) is 14.4. The minimum Gasteiger partial charge on any atom is -0.378 e. The Labute approximate surface area is 137 Å². The van der Waals surface area contributed by atoms with Crippen molar-refractivity contribution in [3.63, 3.8) is 0 Å². The zero-order chi connectivity index (χ0) is 15.5. The Kier molecular flexibility index (Phi) is 4.10. The van der Waals surface area contributed by atoms with Crippen molar-refractivity contribution in [3.8, 4) is 11.3 Å². The van der Waals surface area contributed by atoms with E-state index in [0.29, 0.717) is 6.61 Å². The van der Waals surface area contributed by atoms with E-state index in [1.165, 1.54) is 11.5 Å². The second-order valence-electron chi connectivity index (χ2n) is 5.38. The monoisotopic (exact) mass is 328 g/mol. The lowest BCUT2D eigenvalue weighted by molar-refractivity contribution is -0.0161. The minimum absolute atomic E-state index is 0.0934. The quantitative estimate of drug-likeness (QED) is 0.788. The van der Waals surface area contributed by atoms with Crippen molar-refractivity contribution in [3.05, 3.63) is 47.6 Å². The molecule has 118 valence electrons. The van der Waals surface area contributed by atoms with Crippen LogP contribution in [0.5, 0.6) is 0 Å². The molecule has 0 amide bonds. The van der Waals surface area contributed by atoms with E-state index in [1.54, 1.807) is 6.20 Å². The number of hydrogen-bond donors (Lipinski definition) is 1. The largest absolute Gasteiger partial charge is 0.378 e. The molecule has 23 heavy (non-hydrogen) atoms. The van der Waals surface area contributed by atoms with Crippen LogP contribution in [-0.4, -0.2) is 49.2 Å². The van der Waals surface area contributed by atoms with E-state index in [4.69, 9.17) is 4.74 Å². The molecule has 0 bridgehead atoms. The van der Waals surface area contributed by atoms with Crippen LogP contribution in [0.15, 0.2) is 36.1 Å². The van der Waals surface area contributed by atoms with Crippen molar-refractivity contribution in [1.29, 1.82) is 0 Å². The average Bonchev–Trinajstić information content (AvgIpc) is 3.28. The zero-order valence-corrected chi connectivity index (χ0v) is 13.2. The van der Waals surface area contributed by atoms with Crippen molar-refractivity contribution in [1.82, 2.24) is 29.4 Å². The molecule has 1 saturated heterocycles. The molecule has 3 aromatic rings. The average molecular weight is 328 g/mol. The van der Waals surface area contributed by atoms with Crippen LogP contribution < -0.4 is 0 Å². The predicted octanol–water partition coefficient (Wildman–Crippen LogP) is 1.90. The summed E-state index contributed by atoms with van der Waals surface area (Å²) in [6, 6.07) is 4.03. The number of aromatic nitrogens is 5. The highest BCUT2D eigenvalue weighted by Crippen LogP contribution is 2.26. The molecule has 1 N–H and O–H groups in total. The molecular weight excluding hydrogens is 312 g/mol. The van der Waals surface area contributed by atoms with Crippen LogP contribution in [0, 0.1) is 0 Å². The lowest BCUT2D eigenvalue weighted by atomic mass is 10.2. The molecule has 0 unspecified atom stereocenters. The van der Waals surface area contributed by atoms with Crippen LogP contribution in [-0.2, 0) is 11.3 Å². The molecule has 0 saturated carbocycles. The van der Waals surface area contributed by atoms with Gasteiger partial charge in [-0.2, -0.15) is 0 Å². The summed E-state index contributed by atoms with van der Waals surface area (Å²) in [6.45, 7) is 2.96. The number of H-pyrrole nitrogens is 1. The fraction of sp³-hybridized carbons (Fsp3) is 0.333. The highest BCUT2D eigenvalue weighted by Gasteiger charge is 2.27. The number of nitrogens with one attached hydrogen (secondary N) is 1. The number of hydrogen-bond acceptors (Lipinski definition) is 7. The van der Waals surface area contributed by atoms with Crippen LogP contribution in [0.2, 0.25) is 0 Å². The third kappa shape index (κ3) is 3.14. The lowest BCUT2D eigenvalue weighted by Gasteiger charge is -2.33. The summed E-state index contributed by atoms with van der Waals surface area (Å²) >= 11 is 1.38. The van der Waals surface area contributed by atoms with Gasteiger partial charge in [0.15, 0.2) is 0 Å². The molecule has 0 aliphatic carbocycles. The third-order valence-electron chi connectivity index (χ3n) is 3.89. The molecule has 1 atom stereocenters.